The van der Waals surface area contributed by atoms with E-state index in [1.165, 1.54) is 24.3 Å². The second-order valence-corrected chi connectivity index (χ2v) is 16.3. The van der Waals surface area contributed by atoms with Crippen LogP contribution < -0.4 is 26.0 Å². The first-order valence-electron chi connectivity index (χ1n) is 22.8. The minimum Gasteiger partial charge on any atom is -0.449 e. The van der Waals surface area contributed by atoms with Gasteiger partial charge in [0.15, 0.2) is 0 Å². The average molecular weight is 956 g/mol. The van der Waals surface area contributed by atoms with E-state index >= 15 is 0 Å². The second-order valence-electron chi connectivity index (χ2n) is 16.3. The number of alkyl carbamates (subject to hydrolysis) is 1. The summed E-state index contributed by atoms with van der Waals surface area (Å²) in [5.41, 5.74) is 5.05. The highest BCUT2D eigenvalue weighted by molar-refractivity contribution is 5.98. The number of rotatable bonds is 29. The molecule has 0 radical (unpaired) electrons. The maximum absolute atomic E-state index is 13.9. The summed E-state index contributed by atoms with van der Waals surface area (Å²) in [5.74, 6) is -1.79. The average Bonchev–Trinajstić information content (AvgIpc) is 3.66. The van der Waals surface area contributed by atoms with Gasteiger partial charge in [-0.2, -0.15) is 0 Å². The van der Waals surface area contributed by atoms with Crippen LogP contribution in [0.3, 0.4) is 0 Å². The van der Waals surface area contributed by atoms with Crippen LogP contribution in [0.25, 0.3) is 11.1 Å². The first kappa shape index (κ1) is 53.0. The van der Waals surface area contributed by atoms with Gasteiger partial charge in [-0.3, -0.25) is 24.5 Å². The molecule has 1 aliphatic rings. The van der Waals surface area contributed by atoms with Crippen molar-refractivity contribution in [2.24, 2.45) is 5.92 Å². The molecule has 0 saturated heterocycles. The lowest BCUT2D eigenvalue weighted by molar-refractivity contribution is -0.384. The van der Waals surface area contributed by atoms with Crippen LogP contribution in [0.1, 0.15) is 62.1 Å². The number of hydrogen-bond acceptors (Lipinski definition) is 14. The van der Waals surface area contributed by atoms with Crippen LogP contribution in [-0.2, 0) is 49.4 Å². The molecule has 0 aromatic heterocycles. The number of nitrogens with zero attached hydrogens (tertiary/aromatic N) is 1. The SMILES string of the molecule is COCCOCCOCCOCCC(=O)NCCCC[C@H](NC(=O)[C@@H](NC(=O)OCC1c2ccccc2-c2ccccc21)C(C)C)C(=O)Nc1ccc(COC(=O)Oc2ccc([N+](=O)[O-])cc2)cc1. The lowest BCUT2D eigenvalue weighted by atomic mass is 9.98. The van der Waals surface area contributed by atoms with Crippen molar-refractivity contribution < 1.29 is 62.1 Å². The summed E-state index contributed by atoms with van der Waals surface area (Å²) in [7, 11) is 1.60. The number of unbranched alkanes of at least 4 members (excludes halogenated alkanes) is 1. The van der Waals surface area contributed by atoms with E-state index in [9.17, 15) is 34.1 Å². The number of nitro benzene ring substituents is 1. The molecule has 0 unspecified atom stereocenters. The lowest BCUT2D eigenvalue weighted by Gasteiger charge is -2.25. The number of amides is 4. The number of carbonyl (C=O) groups excluding carboxylic acids is 5. The molecule has 0 spiro atoms. The molecule has 0 bridgehead atoms. The van der Waals surface area contributed by atoms with Crippen molar-refractivity contribution in [2.45, 2.75) is 64.1 Å². The summed E-state index contributed by atoms with van der Waals surface area (Å²) >= 11 is 0. The van der Waals surface area contributed by atoms with E-state index < -0.39 is 41.1 Å². The van der Waals surface area contributed by atoms with Gasteiger partial charge in [-0.25, -0.2) is 9.59 Å². The maximum atomic E-state index is 13.9. The molecule has 1 aliphatic carbocycles. The Balaban J connectivity index is 1.12. The van der Waals surface area contributed by atoms with Crippen molar-refractivity contribution in [1.82, 2.24) is 16.0 Å². The highest BCUT2D eigenvalue weighted by Crippen LogP contribution is 2.44. The number of benzene rings is 4. The molecule has 5 rings (SSSR count). The molecule has 4 amide bonds. The predicted molar refractivity (Wildman–Crippen MR) is 254 cm³/mol. The normalized spacial score (nSPS) is 12.5. The largest absolute Gasteiger partial charge is 0.514 e. The van der Waals surface area contributed by atoms with Gasteiger partial charge < -0.3 is 54.4 Å². The quantitative estimate of drug-likeness (QED) is 0.0146. The van der Waals surface area contributed by atoms with Crippen LogP contribution in [-0.4, -0.2) is 113 Å². The number of ether oxygens (including phenoxy) is 7. The number of anilines is 1. The van der Waals surface area contributed by atoms with Gasteiger partial charge in [0.05, 0.1) is 51.2 Å². The molecule has 19 heteroatoms. The van der Waals surface area contributed by atoms with E-state index in [4.69, 9.17) is 33.2 Å². The third-order valence-corrected chi connectivity index (χ3v) is 10.9. The monoisotopic (exact) mass is 955 g/mol. The molecular formula is C50H61N5O14. The highest BCUT2D eigenvalue weighted by Gasteiger charge is 2.32. The first-order valence-corrected chi connectivity index (χ1v) is 22.8. The number of non-ortho nitro benzene ring substituents is 1. The Morgan fingerprint density at radius 3 is 1.91 bits per heavy atom. The van der Waals surface area contributed by atoms with E-state index in [-0.39, 0.29) is 61.8 Å². The van der Waals surface area contributed by atoms with E-state index in [0.29, 0.717) is 70.3 Å². The Bertz CT molecular complexity index is 2250. The van der Waals surface area contributed by atoms with Gasteiger partial charge in [0.25, 0.3) is 5.69 Å². The molecule has 69 heavy (non-hydrogen) atoms. The van der Waals surface area contributed by atoms with Gasteiger partial charge >= 0.3 is 12.2 Å². The summed E-state index contributed by atoms with van der Waals surface area (Å²) in [4.78, 5) is 76.0. The molecule has 370 valence electrons. The van der Waals surface area contributed by atoms with Gasteiger partial charge in [-0.15, -0.1) is 0 Å². The first-order chi connectivity index (χ1) is 33.4. The molecule has 2 atom stereocenters. The second kappa shape index (κ2) is 28.4. The summed E-state index contributed by atoms with van der Waals surface area (Å²) in [6.07, 6.45) is -0.489. The third-order valence-electron chi connectivity index (χ3n) is 10.9. The van der Waals surface area contributed by atoms with Gasteiger partial charge in [-0.1, -0.05) is 74.5 Å². The zero-order chi connectivity index (χ0) is 49.4. The zero-order valence-corrected chi connectivity index (χ0v) is 39.1. The van der Waals surface area contributed by atoms with Gasteiger partial charge in [0.1, 0.15) is 31.0 Å². The van der Waals surface area contributed by atoms with Gasteiger partial charge in [-0.05, 0) is 77.3 Å². The van der Waals surface area contributed by atoms with E-state index in [1.807, 2.05) is 48.5 Å². The fourth-order valence-electron chi connectivity index (χ4n) is 7.29. The minimum absolute atomic E-state index is 0.0551. The number of nitro groups is 1. The molecule has 0 heterocycles. The summed E-state index contributed by atoms with van der Waals surface area (Å²) in [5, 5.41) is 22.1. The Labute approximate surface area is 401 Å². The molecular weight excluding hydrogens is 895 g/mol. The third kappa shape index (κ3) is 17.6. The predicted octanol–water partition coefficient (Wildman–Crippen LogP) is 6.67. The smallest absolute Gasteiger partial charge is 0.449 e. The maximum Gasteiger partial charge on any atom is 0.514 e. The number of hydrogen-bond donors (Lipinski definition) is 4. The van der Waals surface area contributed by atoms with Crippen LogP contribution in [0.2, 0.25) is 0 Å². The van der Waals surface area contributed by atoms with Crippen LogP contribution >= 0.6 is 0 Å². The van der Waals surface area contributed by atoms with Crippen molar-refractivity contribution in [2.75, 3.05) is 71.8 Å². The topological polar surface area (TPSA) is 241 Å². The van der Waals surface area contributed by atoms with Crippen LogP contribution in [0.5, 0.6) is 5.75 Å². The van der Waals surface area contributed by atoms with Crippen molar-refractivity contribution in [3.63, 3.8) is 0 Å². The number of methoxy groups -OCH3 is 1. The Kier molecular flexibility index (Phi) is 21.8. The number of carbonyl (C=O) groups is 5. The molecule has 4 aromatic carbocycles. The highest BCUT2D eigenvalue weighted by atomic mass is 16.7. The van der Waals surface area contributed by atoms with Crippen LogP contribution in [0.4, 0.5) is 21.0 Å². The van der Waals surface area contributed by atoms with Crippen molar-refractivity contribution >= 4 is 41.3 Å². The Morgan fingerprint density at radius 2 is 1.30 bits per heavy atom. The summed E-state index contributed by atoms with van der Waals surface area (Å²) < 4.78 is 37.2. The van der Waals surface area contributed by atoms with E-state index in [2.05, 4.69) is 21.3 Å². The summed E-state index contributed by atoms with van der Waals surface area (Å²) in [6, 6.07) is 25.2. The van der Waals surface area contributed by atoms with E-state index in [0.717, 1.165) is 22.3 Å². The van der Waals surface area contributed by atoms with Crippen LogP contribution in [0.15, 0.2) is 97.1 Å². The summed E-state index contributed by atoms with van der Waals surface area (Å²) in [6.45, 7) is 6.58. The molecule has 19 nitrogen and oxygen atoms in total. The fourth-order valence-corrected chi connectivity index (χ4v) is 7.29. The Hall–Kier alpha value is -6.93. The molecule has 0 aliphatic heterocycles. The lowest BCUT2D eigenvalue weighted by Crippen LogP contribution is -2.54. The Morgan fingerprint density at radius 1 is 0.696 bits per heavy atom. The van der Waals surface area contributed by atoms with E-state index in [1.54, 1.807) is 45.2 Å². The minimum atomic E-state index is -1.05. The fraction of sp³-hybridized carbons (Fsp3) is 0.420. The van der Waals surface area contributed by atoms with Crippen molar-refractivity contribution in [1.29, 1.82) is 0 Å². The molecule has 0 fully saturated rings. The van der Waals surface area contributed by atoms with Gasteiger partial charge in [0.2, 0.25) is 17.7 Å². The van der Waals surface area contributed by atoms with Crippen molar-refractivity contribution in [3.8, 4) is 16.9 Å². The zero-order valence-electron chi connectivity index (χ0n) is 39.1. The molecule has 4 aromatic rings. The van der Waals surface area contributed by atoms with Crippen molar-refractivity contribution in [3.05, 3.63) is 124 Å². The number of nitrogens with one attached hydrogen (secondary N) is 4. The van der Waals surface area contributed by atoms with Crippen LogP contribution in [0, 0.1) is 16.0 Å². The van der Waals surface area contributed by atoms with Gasteiger partial charge in [0, 0.05) is 43.8 Å². The molecule has 4 N–H and O–H groups in total. The number of fused-ring (bicyclic) bond motifs is 3. The molecule has 0 saturated carbocycles. The standard InChI is InChI=1S/C50H61N5O14/c1-34(2)46(54-49(59)67-33-43-41-12-6-4-10-39(41)40-11-5-7-13-42(40)43)48(58)53-44(14-8-9-24-51-45(56)23-25-64-28-29-66-31-30-65-27-26-63-3)47(57)52-36-17-15-35(16-18-36)32-68-50(60)69-38-21-19-37(20-22-38)55(61)62/h4-7,10-13,15-22,34,43-44,46H,8-9,14,23-33H2,1-3H3,(H,51,56)(H,52,57)(H,53,58)(H,54,59)/t44-,46-/m0/s1.